The van der Waals surface area contributed by atoms with E-state index in [-0.39, 0.29) is 36.9 Å². The van der Waals surface area contributed by atoms with Crippen molar-refractivity contribution in [3.05, 3.63) is 177 Å². The van der Waals surface area contributed by atoms with Gasteiger partial charge in [-0.25, -0.2) is 19.6 Å². The number of ether oxygens (including phenoxy) is 2. The lowest BCUT2D eigenvalue weighted by atomic mass is 9.94. The number of allylic oxidation sites excluding steroid dienone is 4. The van der Waals surface area contributed by atoms with Gasteiger partial charge in [0.05, 0.1) is 33.8 Å². The van der Waals surface area contributed by atoms with Gasteiger partial charge in [-0.15, -0.1) is 0 Å². The highest BCUT2D eigenvalue weighted by atomic mass is 16.6. The van der Waals surface area contributed by atoms with Crippen LogP contribution in [-0.2, 0) is 45.1 Å². The van der Waals surface area contributed by atoms with E-state index in [0.717, 1.165) is 123 Å². The van der Waals surface area contributed by atoms with Gasteiger partial charge in [0.1, 0.15) is 25.3 Å². The molecule has 9 rings (SSSR count). The summed E-state index contributed by atoms with van der Waals surface area (Å²) in [4.78, 5) is 74.8. The quantitative estimate of drug-likeness (QED) is 0.0489. The molecular weight excluding hydrogens is 1050 g/mol. The number of benzene rings is 4. The molecule has 0 radical (unpaired) electrons. The molecule has 14 nitrogen and oxygen atoms in total. The number of anilines is 2. The van der Waals surface area contributed by atoms with Crippen molar-refractivity contribution < 1.29 is 28.7 Å². The van der Waals surface area contributed by atoms with Gasteiger partial charge in [-0.1, -0.05) is 152 Å². The van der Waals surface area contributed by atoms with Gasteiger partial charge in [0.15, 0.2) is 0 Å². The molecule has 0 fully saturated rings. The van der Waals surface area contributed by atoms with Crippen molar-refractivity contribution in [2.24, 2.45) is 11.8 Å². The minimum Gasteiger partial charge on any atom is -0.445 e. The lowest BCUT2D eigenvalue weighted by Crippen LogP contribution is -2.47. The molecule has 2 atom stereocenters. The van der Waals surface area contributed by atoms with E-state index in [1.807, 2.05) is 137 Å². The van der Waals surface area contributed by atoms with Gasteiger partial charge in [0.25, 0.3) is 0 Å². The van der Waals surface area contributed by atoms with Gasteiger partial charge in [-0.05, 0) is 145 Å². The number of hydrogen-bond acceptors (Lipinski definition) is 8. The Kier molecular flexibility index (Phi) is 18.5. The molecule has 3 aromatic heterocycles. The number of amides is 4. The Labute approximate surface area is 493 Å². The predicted molar refractivity (Wildman–Crippen MR) is 340 cm³/mol. The molecule has 84 heavy (non-hydrogen) atoms. The van der Waals surface area contributed by atoms with Crippen LogP contribution in [0.15, 0.2) is 121 Å². The number of carbonyl (C=O) groups excluding carboxylic acids is 4. The first kappa shape index (κ1) is 59.6. The lowest BCUT2D eigenvalue weighted by Gasteiger charge is -2.22. The summed E-state index contributed by atoms with van der Waals surface area (Å²) in [6.45, 7) is 24.8. The van der Waals surface area contributed by atoms with Gasteiger partial charge in [0, 0.05) is 44.7 Å². The third kappa shape index (κ3) is 12.3. The Hall–Kier alpha value is -9.04. The standard InChI is InChI=1S/C70H78N8O6/c1-13-47-41(9)63-59(51-31-23-25-33-53(51)75-67(79)61(39(5)6)77-69(81)83-37-45-27-19-17-20-28-45)64-43(11)49(15-3)57(73-64)36-58-50(16-4)44(12)66(74-58)60(65-42(10)48(14-2)56(72-65)35-55(47)71-63)52-32-24-26-34-54(52)76-68(80)62(40(7)8)78-70(82)84-38-46-29-21-18-22-30-46/h17-36,39-40,61-62,71,74H,13-16,37-38H2,1-12H3,(H,75,79)(H,76,80)(H,77,81)(H,78,82)/t61-,62-/m0/s1. The number of aromatic amines is 2. The van der Waals surface area contributed by atoms with E-state index in [0.29, 0.717) is 37.1 Å². The van der Waals surface area contributed by atoms with Gasteiger partial charge in [-0.2, -0.15) is 0 Å². The van der Waals surface area contributed by atoms with Crippen molar-refractivity contribution in [2.45, 2.75) is 134 Å². The number of aromatic nitrogens is 4. The largest absolute Gasteiger partial charge is 0.445 e. The topological polar surface area (TPSA) is 192 Å². The first-order valence-corrected chi connectivity index (χ1v) is 29.4. The zero-order valence-corrected chi connectivity index (χ0v) is 50.4. The van der Waals surface area contributed by atoms with Crippen molar-refractivity contribution in [3.8, 4) is 22.3 Å². The number of rotatable bonds is 18. The fourth-order valence-electron chi connectivity index (χ4n) is 11.7. The summed E-state index contributed by atoms with van der Waals surface area (Å²) in [6, 6.07) is 36.9. The molecule has 4 aromatic carbocycles. The van der Waals surface area contributed by atoms with Crippen LogP contribution < -0.4 is 21.3 Å². The highest BCUT2D eigenvalue weighted by Gasteiger charge is 2.31. The third-order valence-electron chi connectivity index (χ3n) is 16.3. The van der Waals surface area contributed by atoms with Crippen LogP contribution >= 0.6 is 0 Å². The fourth-order valence-corrected chi connectivity index (χ4v) is 11.7. The predicted octanol–water partition coefficient (Wildman–Crippen LogP) is 15.9. The lowest BCUT2D eigenvalue weighted by molar-refractivity contribution is -0.119. The number of nitrogens with zero attached hydrogens (tertiary/aromatic N) is 2. The summed E-state index contributed by atoms with van der Waals surface area (Å²) in [7, 11) is 0. The molecule has 0 saturated heterocycles. The first-order chi connectivity index (χ1) is 40.5. The van der Waals surface area contributed by atoms with E-state index in [9.17, 15) is 19.2 Å². The molecule has 14 heteroatoms. The number of fused-ring (bicyclic) bond motifs is 8. The summed E-state index contributed by atoms with van der Waals surface area (Å²) in [6.07, 6.45) is 1.41. The Morgan fingerprint density at radius 1 is 0.488 bits per heavy atom. The second-order valence-electron chi connectivity index (χ2n) is 22.3. The van der Waals surface area contributed by atoms with Gasteiger partial charge in [0.2, 0.25) is 11.8 Å². The third-order valence-corrected chi connectivity index (χ3v) is 16.3. The second kappa shape index (κ2) is 26.0. The maximum atomic E-state index is 14.6. The summed E-state index contributed by atoms with van der Waals surface area (Å²) >= 11 is 0. The van der Waals surface area contributed by atoms with E-state index in [4.69, 9.17) is 19.4 Å². The maximum absolute atomic E-state index is 14.6. The Morgan fingerprint density at radius 3 is 1.19 bits per heavy atom. The summed E-state index contributed by atoms with van der Waals surface area (Å²) < 4.78 is 11.2. The average Bonchev–Trinajstić information content (AvgIpc) is 4.38. The van der Waals surface area contributed by atoms with Crippen LogP contribution in [0.5, 0.6) is 0 Å². The maximum Gasteiger partial charge on any atom is 0.408 e. The van der Waals surface area contributed by atoms with Crippen LogP contribution in [0.1, 0.15) is 138 Å². The minimum absolute atomic E-state index is 0.0680. The number of carbonyl (C=O) groups is 4. The van der Waals surface area contributed by atoms with Crippen molar-refractivity contribution in [1.29, 1.82) is 0 Å². The van der Waals surface area contributed by atoms with Crippen LogP contribution in [0.25, 0.3) is 66.6 Å². The second-order valence-corrected chi connectivity index (χ2v) is 22.3. The number of H-pyrrole nitrogens is 2. The van der Waals surface area contributed by atoms with Crippen LogP contribution in [0.2, 0.25) is 0 Å². The molecule has 6 N–H and O–H groups in total. The minimum atomic E-state index is -0.914. The van der Waals surface area contributed by atoms with Gasteiger partial charge in [-0.3, -0.25) is 9.59 Å². The van der Waals surface area contributed by atoms with E-state index >= 15 is 0 Å². The van der Waals surface area contributed by atoms with Crippen molar-refractivity contribution in [3.63, 3.8) is 0 Å². The number of aryl methyl sites for hydroxylation is 4. The van der Waals surface area contributed by atoms with Crippen LogP contribution in [0, 0.1) is 25.7 Å². The van der Waals surface area contributed by atoms with Gasteiger partial charge >= 0.3 is 12.2 Å². The van der Waals surface area contributed by atoms with Crippen LogP contribution in [-0.4, -0.2) is 56.0 Å². The number of nitrogens with one attached hydrogen (secondary N) is 6. The molecule has 7 aromatic rings. The Morgan fingerprint density at radius 2 is 0.845 bits per heavy atom. The first-order valence-electron chi connectivity index (χ1n) is 29.4. The molecule has 4 amide bonds. The monoisotopic (exact) mass is 1130 g/mol. The normalized spacial score (nSPS) is 13.0. The van der Waals surface area contributed by atoms with E-state index in [2.05, 4.69) is 98.8 Å². The Balaban J connectivity index is 1.23. The highest BCUT2D eigenvalue weighted by molar-refractivity contribution is 6.08. The molecule has 0 unspecified atom stereocenters. The smallest absolute Gasteiger partial charge is 0.408 e. The Bertz CT molecular complexity index is 3640. The molecule has 0 aliphatic carbocycles. The number of alkyl carbamates (subject to hydrolysis) is 2. The molecule has 0 saturated carbocycles. The van der Waals surface area contributed by atoms with E-state index < -0.39 is 24.3 Å². The summed E-state index contributed by atoms with van der Waals surface area (Å²) in [5.41, 5.74) is 21.1. The van der Waals surface area contributed by atoms with Crippen molar-refractivity contribution in [1.82, 2.24) is 30.6 Å². The highest BCUT2D eigenvalue weighted by Crippen LogP contribution is 2.46. The van der Waals surface area contributed by atoms with Crippen LogP contribution in [0.3, 0.4) is 0 Å². The molecule has 434 valence electrons. The molecule has 0 spiro atoms. The van der Waals surface area contributed by atoms with E-state index in [1.54, 1.807) is 0 Å². The summed E-state index contributed by atoms with van der Waals surface area (Å²) in [5, 5.41) is 12.2. The number of para-hydroxylation sites is 2. The zero-order valence-electron chi connectivity index (χ0n) is 50.4. The van der Waals surface area contributed by atoms with Crippen molar-refractivity contribution in [2.75, 3.05) is 10.6 Å². The van der Waals surface area contributed by atoms with Crippen molar-refractivity contribution >= 4 is 79.7 Å². The average molecular weight is 1130 g/mol. The number of hydrogen-bond donors (Lipinski definition) is 6. The summed E-state index contributed by atoms with van der Waals surface area (Å²) in [5.74, 6) is -1.32. The molecule has 5 heterocycles. The van der Waals surface area contributed by atoms with Crippen LogP contribution in [0.4, 0.5) is 21.0 Å². The molecule has 2 aliphatic heterocycles. The van der Waals surface area contributed by atoms with E-state index in [1.165, 1.54) is 0 Å². The van der Waals surface area contributed by atoms with Gasteiger partial charge < -0.3 is 40.7 Å². The molecule has 2 aliphatic rings. The molecule has 8 bridgehead atoms. The zero-order chi connectivity index (χ0) is 59.9. The fraction of sp³-hybridized carbons (Fsp3) is 0.314. The molecular formula is C70H78N8O6. The SMILES string of the molecule is CCC1=C(C)c2nc1cc1[nH]c(c(C)c1CC)c(-c1ccccc1NC(=O)[C@@H](NC(=O)OCc1ccccc1)C(C)C)c1nc(cc3[nH]c(c(C)c3CC)c2-c2ccccc2NC(=O)[C@@H](NC(=O)OCc2ccccc2)C(C)C)C(CC)=C1C.